The molecule has 1 aliphatic rings. The number of benzene rings is 1. The van der Waals surface area contributed by atoms with Gasteiger partial charge in [-0.15, -0.1) is 0 Å². The summed E-state index contributed by atoms with van der Waals surface area (Å²) in [7, 11) is 0. The van der Waals surface area contributed by atoms with Gasteiger partial charge in [-0.2, -0.15) is 0 Å². The van der Waals surface area contributed by atoms with E-state index in [-0.39, 0.29) is 10.9 Å². The summed E-state index contributed by atoms with van der Waals surface area (Å²) in [5, 5.41) is 2.90. The van der Waals surface area contributed by atoms with Crippen molar-refractivity contribution in [2.24, 2.45) is 0 Å². The normalized spacial score (nSPS) is 17.6. The fourth-order valence-electron chi connectivity index (χ4n) is 3.35. The first kappa shape index (κ1) is 17.7. The first-order valence-electron chi connectivity index (χ1n) is 8.49. The highest BCUT2D eigenvalue weighted by molar-refractivity contribution is 6.30. The van der Waals surface area contributed by atoms with Crippen molar-refractivity contribution in [2.75, 3.05) is 26.2 Å². The molecule has 2 N–H and O–H groups in total. The lowest BCUT2D eigenvalue weighted by Crippen LogP contribution is -2.34. The molecule has 1 aromatic carbocycles. The monoisotopic (exact) mass is 359 g/mol. The summed E-state index contributed by atoms with van der Waals surface area (Å²) in [5.74, 6) is 0.336. The minimum absolute atomic E-state index is 0.0215. The van der Waals surface area contributed by atoms with Crippen LogP contribution in [0.3, 0.4) is 0 Å². The second-order valence-electron chi connectivity index (χ2n) is 6.46. The number of nitrogens with one attached hydrogen (secondary N) is 2. The Balaban J connectivity index is 1.48. The molecule has 25 heavy (non-hydrogen) atoms. The van der Waals surface area contributed by atoms with Gasteiger partial charge in [0.25, 0.3) is 11.5 Å². The van der Waals surface area contributed by atoms with E-state index in [4.69, 9.17) is 11.6 Å². The second-order valence-corrected chi connectivity index (χ2v) is 6.87. The Bertz CT molecular complexity index is 818. The van der Waals surface area contributed by atoms with Gasteiger partial charge in [0, 0.05) is 25.8 Å². The molecule has 6 heteroatoms. The van der Waals surface area contributed by atoms with Gasteiger partial charge >= 0.3 is 0 Å². The van der Waals surface area contributed by atoms with Crippen molar-refractivity contribution in [3.8, 4) is 0 Å². The lowest BCUT2D eigenvalue weighted by molar-refractivity contribution is 0.0949. The minimum Gasteiger partial charge on any atom is -0.351 e. The fraction of sp³-hybridized carbons (Fsp3) is 0.368. The minimum atomic E-state index is -0.391. The number of carbonyl (C=O) groups excluding carboxylic acids is 1. The molecule has 1 saturated heterocycles. The highest BCUT2D eigenvalue weighted by atomic mass is 35.5. The molecule has 0 radical (unpaired) electrons. The van der Waals surface area contributed by atoms with E-state index in [1.807, 2.05) is 0 Å². The highest BCUT2D eigenvalue weighted by Crippen LogP contribution is 2.28. The molecule has 1 aromatic heterocycles. The smallest absolute Gasteiger partial charge is 0.266 e. The molecule has 5 nitrogen and oxygen atoms in total. The number of H-pyrrole nitrogens is 1. The van der Waals surface area contributed by atoms with Crippen LogP contribution in [0.15, 0.2) is 41.3 Å². The Labute approximate surface area is 152 Å². The standard InChI is InChI=1S/C19H22ClN3O2/c1-13-4-2-3-5-16(13)14-6-8-23(12-14)9-7-21-18(24)15-10-17(20)19(25)22-11-15/h2-5,10-11,14H,6-9,12H2,1H3,(H,21,24)(H,22,25)/t14-/m1/s1. The SMILES string of the molecule is Cc1ccccc1[C@@H]1CCN(CCNC(=O)c2c[nH]c(=O)c(Cl)c2)C1. The molecule has 0 aliphatic carbocycles. The molecule has 1 aliphatic heterocycles. The number of aromatic nitrogens is 1. The number of rotatable bonds is 5. The molecule has 1 atom stereocenters. The molecule has 2 aromatic rings. The van der Waals surface area contributed by atoms with Gasteiger partial charge in [0.2, 0.25) is 0 Å². The van der Waals surface area contributed by atoms with Crippen LogP contribution >= 0.6 is 11.6 Å². The van der Waals surface area contributed by atoms with Crippen LogP contribution in [0.25, 0.3) is 0 Å². The summed E-state index contributed by atoms with van der Waals surface area (Å²) in [4.78, 5) is 28.2. The molecule has 0 bridgehead atoms. The molecule has 132 valence electrons. The van der Waals surface area contributed by atoms with Gasteiger partial charge in [-0.25, -0.2) is 0 Å². The Kier molecular flexibility index (Phi) is 5.56. The molecular weight excluding hydrogens is 338 g/mol. The zero-order valence-electron chi connectivity index (χ0n) is 14.2. The maximum atomic E-state index is 12.1. The molecule has 3 rings (SSSR count). The van der Waals surface area contributed by atoms with Crippen LogP contribution in [-0.2, 0) is 0 Å². The van der Waals surface area contributed by atoms with Crippen molar-refractivity contribution < 1.29 is 4.79 Å². The van der Waals surface area contributed by atoms with Crippen LogP contribution in [0, 0.1) is 6.92 Å². The van der Waals surface area contributed by atoms with Crippen LogP contribution in [0.2, 0.25) is 5.02 Å². The fourth-order valence-corrected chi connectivity index (χ4v) is 3.52. The predicted octanol–water partition coefficient (Wildman–Crippen LogP) is 2.56. The molecule has 0 spiro atoms. The third-order valence-electron chi connectivity index (χ3n) is 4.73. The van der Waals surface area contributed by atoms with E-state index in [0.29, 0.717) is 18.0 Å². The molecule has 0 saturated carbocycles. The van der Waals surface area contributed by atoms with Crippen molar-refractivity contribution in [3.05, 3.63) is 68.6 Å². The number of hydrogen-bond acceptors (Lipinski definition) is 3. The van der Waals surface area contributed by atoms with Gasteiger partial charge < -0.3 is 15.2 Å². The molecular formula is C19H22ClN3O2. The van der Waals surface area contributed by atoms with Crippen LogP contribution in [0.4, 0.5) is 0 Å². The first-order valence-corrected chi connectivity index (χ1v) is 8.86. The number of aromatic amines is 1. The average molecular weight is 360 g/mol. The maximum Gasteiger partial charge on any atom is 0.266 e. The van der Waals surface area contributed by atoms with E-state index < -0.39 is 5.56 Å². The molecule has 1 fully saturated rings. The Morgan fingerprint density at radius 1 is 1.40 bits per heavy atom. The van der Waals surface area contributed by atoms with Crippen molar-refractivity contribution >= 4 is 17.5 Å². The average Bonchev–Trinajstić information content (AvgIpc) is 3.06. The highest BCUT2D eigenvalue weighted by Gasteiger charge is 2.24. The van der Waals surface area contributed by atoms with Gasteiger partial charge in [-0.05, 0) is 43.0 Å². The number of hydrogen-bond donors (Lipinski definition) is 2. The van der Waals surface area contributed by atoms with Gasteiger partial charge in [-0.1, -0.05) is 35.9 Å². The van der Waals surface area contributed by atoms with Gasteiger partial charge in [0.1, 0.15) is 5.02 Å². The zero-order valence-corrected chi connectivity index (χ0v) is 15.0. The summed E-state index contributed by atoms with van der Waals surface area (Å²) in [6, 6.07) is 9.93. The summed E-state index contributed by atoms with van der Waals surface area (Å²) in [6.45, 7) is 5.60. The maximum absolute atomic E-state index is 12.1. The predicted molar refractivity (Wildman–Crippen MR) is 99.4 cm³/mol. The van der Waals surface area contributed by atoms with E-state index in [1.54, 1.807) is 0 Å². The number of pyridine rings is 1. The van der Waals surface area contributed by atoms with E-state index in [0.717, 1.165) is 26.1 Å². The first-order chi connectivity index (χ1) is 12.0. The number of likely N-dealkylation sites (tertiary alicyclic amines) is 1. The van der Waals surface area contributed by atoms with Crippen LogP contribution < -0.4 is 10.9 Å². The van der Waals surface area contributed by atoms with Crippen molar-refractivity contribution in [2.45, 2.75) is 19.3 Å². The number of halogens is 1. The summed E-state index contributed by atoms with van der Waals surface area (Å²) >= 11 is 5.75. The molecule has 2 heterocycles. The summed E-state index contributed by atoms with van der Waals surface area (Å²) < 4.78 is 0. The third-order valence-corrected chi connectivity index (χ3v) is 5.02. The van der Waals surface area contributed by atoms with Crippen LogP contribution in [-0.4, -0.2) is 42.0 Å². The second kappa shape index (κ2) is 7.85. The molecule has 0 unspecified atom stereocenters. The number of carbonyl (C=O) groups is 1. The number of amides is 1. The van der Waals surface area contributed by atoms with Crippen molar-refractivity contribution in [3.63, 3.8) is 0 Å². The zero-order chi connectivity index (χ0) is 17.8. The number of nitrogens with zero attached hydrogens (tertiary/aromatic N) is 1. The summed E-state index contributed by atoms with van der Waals surface area (Å²) in [5.41, 5.74) is 2.75. The quantitative estimate of drug-likeness (QED) is 0.862. The third kappa shape index (κ3) is 4.30. The van der Waals surface area contributed by atoms with Crippen LogP contribution in [0.1, 0.15) is 33.8 Å². The van der Waals surface area contributed by atoms with E-state index in [2.05, 4.69) is 46.4 Å². The molecule has 1 amide bonds. The summed E-state index contributed by atoms with van der Waals surface area (Å²) in [6.07, 6.45) is 2.53. The lowest BCUT2D eigenvalue weighted by Gasteiger charge is -2.17. The van der Waals surface area contributed by atoms with Crippen molar-refractivity contribution in [1.82, 2.24) is 15.2 Å². The van der Waals surface area contributed by atoms with E-state index in [9.17, 15) is 9.59 Å². The van der Waals surface area contributed by atoms with Crippen molar-refractivity contribution in [1.29, 1.82) is 0 Å². The number of aryl methyl sites for hydroxylation is 1. The Morgan fingerprint density at radius 3 is 2.96 bits per heavy atom. The topological polar surface area (TPSA) is 65.2 Å². The van der Waals surface area contributed by atoms with Gasteiger partial charge in [0.15, 0.2) is 0 Å². The Morgan fingerprint density at radius 2 is 2.20 bits per heavy atom. The van der Waals surface area contributed by atoms with E-state index in [1.165, 1.54) is 23.4 Å². The van der Waals surface area contributed by atoms with E-state index >= 15 is 0 Å². The largest absolute Gasteiger partial charge is 0.351 e. The van der Waals surface area contributed by atoms with Gasteiger partial charge in [-0.3, -0.25) is 9.59 Å². The Hall–Kier alpha value is -2.11. The lowest BCUT2D eigenvalue weighted by atomic mass is 9.94. The van der Waals surface area contributed by atoms with Crippen LogP contribution in [0.5, 0.6) is 0 Å². The van der Waals surface area contributed by atoms with Gasteiger partial charge in [0.05, 0.1) is 5.56 Å².